The minimum absolute atomic E-state index is 0.00864. The highest BCUT2D eigenvalue weighted by molar-refractivity contribution is 7.89. The number of anilines is 1. The molecule has 0 aliphatic carbocycles. The monoisotopic (exact) mass is 474 g/mol. The Hall–Kier alpha value is -3.44. The lowest BCUT2D eigenvalue weighted by Gasteiger charge is -2.20. The molecule has 0 aliphatic rings. The summed E-state index contributed by atoms with van der Waals surface area (Å²) in [6.45, 7) is 5.53. The van der Waals surface area contributed by atoms with E-state index in [1.54, 1.807) is 45.0 Å². The van der Waals surface area contributed by atoms with Crippen LogP contribution in [0.15, 0.2) is 56.9 Å². The maximum absolute atomic E-state index is 12.9. The van der Waals surface area contributed by atoms with Crippen molar-refractivity contribution in [3.8, 4) is 5.75 Å². The molecule has 176 valence electrons. The molecule has 3 aromatic rings. The first-order valence-corrected chi connectivity index (χ1v) is 12.0. The van der Waals surface area contributed by atoms with Crippen LogP contribution in [-0.4, -0.2) is 47.9 Å². The van der Waals surface area contributed by atoms with Gasteiger partial charge >= 0.3 is 5.69 Å². The molecule has 33 heavy (non-hydrogen) atoms. The first kappa shape index (κ1) is 24.2. The summed E-state index contributed by atoms with van der Waals surface area (Å²) in [7, 11) is -3.77. The van der Waals surface area contributed by atoms with Crippen LogP contribution in [0.4, 0.5) is 5.69 Å². The molecular formula is C22H26N4O6S. The van der Waals surface area contributed by atoms with Crippen molar-refractivity contribution < 1.29 is 17.9 Å². The normalized spacial score (nSPS) is 11.6. The van der Waals surface area contributed by atoms with Crippen LogP contribution in [0.1, 0.15) is 20.8 Å². The number of nitrogens with one attached hydrogen (secondary N) is 2. The van der Waals surface area contributed by atoms with Crippen molar-refractivity contribution in [2.24, 2.45) is 0 Å². The number of hydrogen-bond donors (Lipinski definition) is 2. The minimum Gasteiger partial charge on any atom is -0.492 e. The number of sulfonamides is 1. The Morgan fingerprint density at radius 1 is 1.09 bits per heavy atom. The molecule has 3 rings (SSSR count). The summed E-state index contributed by atoms with van der Waals surface area (Å²) < 4.78 is 33.4. The Morgan fingerprint density at radius 3 is 2.45 bits per heavy atom. The highest BCUT2D eigenvalue weighted by Crippen LogP contribution is 2.29. The number of nitrogens with zero attached hydrogens (tertiary/aromatic N) is 2. The Kier molecular flexibility index (Phi) is 7.34. The van der Waals surface area contributed by atoms with Gasteiger partial charge in [0, 0.05) is 13.1 Å². The molecule has 2 N–H and O–H groups in total. The lowest BCUT2D eigenvalue weighted by atomic mass is 10.2. The Morgan fingerprint density at radius 2 is 1.79 bits per heavy atom. The van der Waals surface area contributed by atoms with E-state index in [4.69, 9.17) is 4.74 Å². The molecule has 0 bridgehead atoms. The third kappa shape index (κ3) is 4.99. The molecule has 0 unspecified atom stereocenters. The minimum atomic E-state index is -3.77. The van der Waals surface area contributed by atoms with E-state index in [1.165, 1.54) is 22.5 Å². The van der Waals surface area contributed by atoms with Crippen molar-refractivity contribution in [1.29, 1.82) is 0 Å². The zero-order valence-electron chi connectivity index (χ0n) is 18.6. The maximum atomic E-state index is 12.9. The molecule has 0 spiro atoms. The van der Waals surface area contributed by atoms with Crippen LogP contribution in [0.3, 0.4) is 0 Å². The van der Waals surface area contributed by atoms with Crippen LogP contribution in [0.25, 0.3) is 10.9 Å². The number of aromatic nitrogens is 2. The van der Waals surface area contributed by atoms with Crippen LogP contribution in [0.5, 0.6) is 5.75 Å². The van der Waals surface area contributed by atoms with Crippen LogP contribution in [0.2, 0.25) is 0 Å². The summed E-state index contributed by atoms with van der Waals surface area (Å²) in [6.07, 6.45) is 0. The van der Waals surface area contributed by atoms with Crippen molar-refractivity contribution >= 4 is 32.5 Å². The predicted octanol–water partition coefficient (Wildman–Crippen LogP) is 1.76. The average Bonchev–Trinajstić information content (AvgIpc) is 2.78. The molecule has 1 aromatic heterocycles. The van der Waals surface area contributed by atoms with Crippen molar-refractivity contribution in [3.05, 3.63) is 63.3 Å². The number of amides is 1. The van der Waals surface area contributed by atoms with E-state index in [0.717, 1.165) is 4.57 Å². The van der Waals surface area contributed by atoms with Gasteiger partial charge in [-0.05, 0) is 37.3 Å². The number of fused-ring (bicyclic) bond motifs is 1. The van der Waals surface area contributed by atoms with Gasteiger partial charge in [-0.15, -0.1) is 0 Å². The summed E-state index contributed by atoms with van der Waals surface area (Å²) >= 11 is 0. The van der Waals surface area contributed by atoms with Gasteiger partial charge in [-0.25, -0.2) is 13.2 Å². The lowest BCUT2D eigenvalue weighted by Crippen LogP contribution is -2.38. The van der Waals surface area contributed by atoms with Crippen LogP contribution < -0.4 is 21.3 Å². The van der Waals surface area contributed by atoms with Gasteiger partial charge in [0.15, 0.2) is 0 Å². The van der Waals surface area contributed by atoms with Crippen molar-refractivity contribution in [2.75, 3.05) is 25.0 Å². The molecule has 0 atom stereocenters. The van der Waals surface area contributed by atoms with E-state index in [-0.39, 0.29) is 28.3 Å². The Bertz CT molecular complexity index is 1390. The molecule has 0 saturated carbocycles. The number of benzene rings is 2. The molecule has 10 nitrogen and oxygen atoms in total. The fourth-order valence-electron chi connectivity index (χ4n) is 3.44. The van der Waals surface area contributed by atoms with Crippen LogP contribution >= 0.6 is 0 Å². The number of hydrogen-bond acceptors (Lipinski definition) is 6. The molecule has 2 aromatic carbocycles. The fourth-order valence-corrected chi connectivity index (χ4v) is 4.92. The van der Waals surface area contributed by atoms with Gasteiger partial charge < -0.3 is 15.0 Å². The molecule has 11 heteroatoms. The van der Waals surface area contributed by atoms with Gasteiger partial charge in [0.25, 0.3) is 5.56 Å². The van der Waals surface area contributed by atoms with Gasteiger partial charge in [0.2, 0.25) is 15.9 Å². The van der Waals surface area contributed by atoms with Gasteiger partial charge in [-0.1, -0.05) is 26.0 Å². The van der Waals surface area contributed by atoms with E-state index in [2.05, 4.69) is 10.3 Å². The van der Waals surface area contributed by atoms with Crippen molar-refractivity contribution in [1.82, 2.24) is 13.9 Å². The molecule has 0 saturated heterocycles. The van der Waals surface area contributed by atoms with Crippen molar-refractivity contribution in [2.45, 2.75) is 32.2 Å². The predicted molar refractivity (Wildman–Crippen MR) is 125 cm³/mol. The third-order valence-electron chi connectivity index (χ3n) is 5.06. The summed E-state index contributed by atoms with van der Waals surface area (Å²) in [5, 5.41) is 2.84. The molecule has 1 amide bonds. The molecule has 0 radical (unpaired) electrons. The number of carbonyl (C=O) groups is 1. The quantitative estimate of drug-likeness (QED) is 0.486. The highest BCUT2D eigenvalue weighted by atomic mass is 32.2. The van der Waals surface area contributed by atoms with Gasteiger partial charge in [0.1, 0.15) is 12.3 Å². The number of rotatable bonds is 9. The number of aromatic amines is 1. The van der Waals surface area contributed by atoms with E-state index in [9.17, 15) is 22.8 Å². The van der Waals surface area contributed by atoms with Gasteiger partial charge in [-0.2, -0.15) is 4.31 Å². The number of ether oxygens (including phenoxy) is 1. The first-order valence-electron chi connectivity index (χ1n) is 10.5. The van der Waals surface area contributed by atoms with Gasteiger partial charge in [0.05, 0.1) is 28.1 Å². The number of H-pyrrole nitrogens is 1. The summed E-state index contributed by atoms with van der Waals surface area (Å²) in [4.78, 5) is 40.4. The SMILES string of the molecule is CCOc1ccc(S(=O)(=O)N(CC)CC)cc1NC(=O)Cn1c(=O)[nH]c2ccccc2c1=O. The van der Waals surface area contributed by atoms with Crippen LogP contribution in [0, 0.1) is 0 Å². The summed E-state index contributed by atoms with van der Waals surface area (Å²) in [6, 6.07) is 10.7. The fraction of sp³-hybridized carbons (Fsp3) is 0.318. The second-order valence-corrected chi connectivity index (χ2v) is 9.03. The molecule has 0 aliphatic heterocycles. The summed E-state index contributed by atoms with van der Waals surface area (Å²) in [5.74, 6) is -0.416. The van der Waals surface area contributed by atoms with E-state index in [0.29, 0.717) is 18.6 Å². The smallest absolute Gasteiger partial charge is 0.329 e. The average molecular weight is 475 g/mol. The zero-order chi connectivity index (χ0) is 24.2. The van der Waals surface area contributed by atoms with E-state index < -0.39 is 33.7 Å². The summed E-state index contributed by atoms with van der Waals surface area (Å²) in [5.41, 5.74) is -0.832. The standard InChI is InChI=1S/C22H26N4O6S/c1-4-25(5-2)33(30,31)15-11-12-19(32-6-3)18(13-15)23-20(27)14-26-21(28)16-9-7-8-10-17(16)24-22(26)29/h7-13H,4-6,14H2,1-3H3,(H,23,27)(H,24,29). The molecular weight excluding hydrogens is 448 g/mol. The molecule has 1 heterocycles. The Balaban J connectivity index is 1.95. The van der Waals surface area contributed by atoms with Crippen molar-refractivity contribution in [3.63, 3.8) is 0 Å². The zero-order valence-corrected chi connectivity index (χ0v) is 19.4. The second kappa shape index (κ2) is 10.0. The topological polar surface area (TPSA) is 131 Å². The Labute approximate surface area is 190 Å². The van der Waals surface area contributed by atoms with E-state index >= 15 is 0 Å². The third-order valence-corrected chi connectivity index (χ3v) is 7.11. The largest absolute Gasteiger partial charge is 0.492 e. The molecule has 0 fully saturated rings. The number of carbonyl (C=O) groups excluding carboxylic acids is 1. The highest BCUT2D eigenvalue weighted by Gasteiger charge is 2.23. The lowest BCUT2D eigenvalue weighted by molar-refractivity contribution is -0.116. The maximum Gasteiger partial charge on any atom is 0.329 e. The van der Waals surface area contributed by atoms with Gasteiger partial charge in [-0.3, -0.25) is 14.2 Å². The van der Waals surface area contributed by atoms with E-state index in [1.807, 2.05) is 0 Å². The van der Waals surface area contributed by atoms with Crippen LogP contribution in [-0.2, 0) is 21.4 Å². The first-order chi connectivity index (χ1) is 15.7. The second-order valence-electron chi connectivity index (χ2n) is 7.10. The number of para-hydroxylation sites is 1.